The first kappa shape index (κ1) is 21.0. The van der Waals surface area contributed by atoms with Crippen molar-refractivity contribution >= 4 is 38.9 Å². The summed E-state index contributed by atoms with van der Waals surface area (Å²) >= 11 is 0. The Kier molecular flexibility index (Phi) is 5.48. The lowest BCUT2D eigenvalue weighted by molar-refractivity contribution is 0.600. The van der Waals surface area contributed by atoms with E-state index in [0.717, 1.165) is 24.1 Å². The summed E-state index contributed by atoms with van der Waals surface area (Å²) in [6.07, 6.45) is 4.90. The smallest absolute Gasteiger partial charge is 0.232 e. The molecule has 162 valence electrons. The number of rotatable bonds is 7. The van der Waals surface area contributed by atoms with Gasteiger partial charge in [-0.2, -0.15) is 0 Å². The fourth-order valence-corrected chi connectivity index (χ4v) is 3.82. The first-order chi connectivity index (χ1) is 14.7. The van der Waals surface area contributed by atoms with Crippen LogP contribution in [0.25, 0.3) is 0 Å². The SMILES string of the molecule is Cc1cc(Nc2cc(Nc3ccc(C4CC4)cc3N(C)S(C)(=O)=O)ncn2)nc(C)n1. The fourth-order valence-electron chi connectivity index (χ4n) is 3.31. The predicted octanol–water partition coefficient (Wildman–Crippen LogP) is 3.64. The second-order valence-electron chi connectivity index (χ2n) is 7.76. The van der Waals surface area contributed by atoms with Gasteiger partial charge in [0.25, 0.3) is 0 Å². The minimum atomic E-state index is -3.42. The van der Waals surface area contributed by atoms with E-state index in [2.05, 4.69) is 30.6 Å². The van der Waals surface area contributed by atoms with Gasteiger partial charge in [0, 0.05) is 24.9 Å². The van der Waals surface area contributed by atoms with Gasteiger partial charge in [0.15, 0.2) is 0 Å². The molecule has 9 nitrogen and oxygen atoms in total. The van der Waals surface area contributed by atoms with Gasteiger partial charge in [-0.25, -0.2) is 28.4 Å². The highest BCUT2D eigenvalue weighted by atomic mass is 32.2. The van der Waals surface area contributed by atoms with Crippen LogP contribution in [0.1, 0.15) is 35.8 Å². The Morgan fingerprint density at radius 2 is 1.68 bits per heavy atom. The van der Waals surface area contributed by atoms with E-state index in [0.29, 0.717) is 40.6 Å². The van der Waals surface area contributed by atoms with Crippen molar-refractivity contribution in [2.24, 2.45) is 0 Å². The monoisotopic (exact) mass is 439 g/mol. The molecule has 1 aliphatic carbocycles. The van der Waals surface area contributed by atoms with Crippen molar-refractivity contribution in [1.29, 1.82) is 0 Å². The van der Waals surface area contributed by atoms with E-state index in [1.807, 2.05) is 38.1 Å². The number of aryl methyl sites for hydroxylation is 2. The van der Waals surface area contributed by atoms with Crippen LogP contribution in [-0.4, -0.2) is 41.7 Å². The summed E-state index contributed by atoms with van der Waals surface area (Å²) in [7, 11) is -1.86. The van der Waals surface area contributed by atoms with Gasteiger partial charge in [0.2, 0.25) is 10.0 Å². The number of hydrogen-bond acceptors (Lipinski definition) is 8. The van der Waals surface area contributed by atoms with E-state index in [-0.39, 0.29) is 0 Å². The molecule has 4 rings (SSSR count). The van der Waals surface area contributed by atoms with Crippen molar-refractivity contribution in [2.45, 2.75) is 32.6 Å². The van der Waals surface area contributed by atoms with Gasteiger partial charge in [-0.3, -0.25) is 4.31 Å². The van der Waals surface area contributed by atoms with Crippen LogP contribution in [-0.2, 0) is 10.0 Å². The van der Waals surface area contributed by atoms with Crippen molar-refractivity contribution in [3.63, 3.8) is 0 Å². The quantitative estimate of drug-likeness (QED) is 0.574. The van der Waals surface area contributed by atoms with Gasteiger partial charge < -0.3 is 10.6 Å². The highest BCUT2D eigenvalue weighted by Crippen LogP contribution is 2.43. The molecular formula is C21H25N7O2S. The molecular weight excluding hydrogens is 414 g/mol. The predicted molar refractivity (Wildman–Crippen MR) is 122 cm³/mol. The number of nitrogens with zero attached hydrogens (tertiary/aromatic N) is 5. The van der Waals surface area contributed by atoms with Crippen LogP contribution in [0.4, 0.5) is 28.8 Å². The number of aromatic nitrogens is 4. The molecule has 3 aromatic rings. The second-order valence-corrected chi connectivity index (χ2v) is 9.78. The first-order valence-corrected chi connectivity index (χ1v) is 11.8. The molecule has 0 spiro atoms. The maximum atomic E-state index is 12.2. The molecule has 0 unspecified atom stereocenters. The number of anilines is 5. The highest BCUT2D eigenvalue weighted by Gasteiger charge is 2.26. The average molecular weight is 440 g/mol. The zero-order valence-corrected chi connectivity index (χ0v) is 18.7. The first-order valence-electron chi connectivity index (χ1n) is 9.95. The van der Waals surface area contributed by atoms with Crippen LogP contribution >= 0.6 is 0 Å². The third-order valence-electron chi connectivity index (χ3n) is 5.06. The van der Waals surface area contributed by atoms with Gasteiger partial charge in [-0.1, -0.05) is 6.07 Å². The maximum absolute atomic E-state index is 12.2. The van der Waals surface area contributed by atoms with Crippen molar-refractivity contribution in [2.75, 3.05) is 28.2 Å². The van der Waals surface area contributed by atoms with Crippen molar-refractivity contribution in [3.05, 3.63) is 53.7 Å². The normalized spacial score (nSPS) is 13.7. The Labute approximate surface area is 182 Å². The van der Waals surface area contributed by atoms with Crippen molar-refractivity contribution in [1.82, 2.24) is 19.9 Å². The molecule has 0 bridgehead atoms. The summed E-state index contributed by atoms with van der Waals surface area (Å²) in [6.45, 7) is 3.73. The van der Waals surface area contributed by atoms with Crippen molar-refractivity contribution < 1.29 is 8.42 Å². The van der Waals surface area contributed by atoms with E-state index >= 15 is 0 Å². The topological polar surface area (TPSA) is 113 Å². The summed E-state index contributed by atoms with van der Waals surface area (Å²) in [6, 6.07) is 9.45. The Morgan fingerprint density at radius 3 is 2.32 bits per heavy atom. The van der Waals surface area contributed by atoms with Gasteiger partial charge in [0.1, 0.15) is 29.6 Å². The lowest BCUT2D eigenvalue weighted by Crippen LogP contribution is -2.25. The highest BCUT2D eigenvalue weighted by molar-refractivity contribution is 7.92. The van der Waals surface area contributed by atoms with E-state index in [1.165, 1.54) is 16.9 Å². The minimum Gasteiger partial charge on any atom is -0.338 e. The maximum Gasteiger partial charge on any atom is 0.232 e. The number of sulfonamides is 1. The Morgan fingerprint density at radius 1 is 0.968 bits per heavy atom. The zero-order chi connectivity index (χ0) is 22.2. The average Bonchev–Trinajstić information content (AvgIpc) is 3.52. The van der Waals surface area contributed by atoms with Crippen molar-refractivity contribution in [3.8, 4) is 0 Å². The molecule has 1 aromatic carbocycles. The lowest BCUT2D eigenvalue weighted by Gasteiger charge is -2.22. The molecule has 10 heteroatoms. The van der Waals surface area contributed by atoms with E-state index in [1.54, 1.807) is 13.1 Å². The molecule has 1 saturated carbocycles. The third-order valence-corrected chi connectivity index (χ3v) is 6.25. The lowest BCUT2D eigenvalue weighted by atomic mass is 10.1. The van der Waals surface area contributed by atoms with Crippen LogP contribution < -0.4 is 14.9 Å². The minimum absolute atomic E-state index is 0.510. The van der Waals surface area contributed by atoms with E-state index < -0.39 is 10.0 Å². The molecule has 0 atom stereocenters. The van der Waals surface area contributed by atoms with E-state index in [9.17, 15) is 8.42 Å². The number of benzene rings is 1. The molecule has 2 N–H and O–H groups in total. The third kappa shape index (κ3) is 5.08. The van der Waals surface area contributed by atoms with Crippen LogP contribution in [0.5, 0.6) is 0 Å². The van der Waals surface area contributed by atoms with Gasteiger partial charge in [0.05, 0.1) is 17.6 Å². The van der Waals surface area contributed by atoms with Crippen LogP contribution in [0.2, 0.25) is 0 Å². The Bertz CT molecular complexity index is 1210. The molecule has 2 heterocycles. The molecule has 0 radical (unpaired) electrons. The summed E-state index contributed by atoms with van der Waals surface area (Å²) in [5.41, 5.74) is 3.24. The summed E-state index contributed by atoms with van der Waals surface area (Å²) in [5.74, 6) is 2.90. The van der Waals surface area contributed by atoms with Crippen LogP contribution in [0.15, 0.2) is 36.7 Å². The summed E-state index contributed by atoms with van der Waals surface area (Å²) < 4.78 is 25.7. The van der Waals surface area contributed by atoms with Crippen LogP contribution in [0, 0.1) is 13.8 Å². The molecule has 2 aromatic heterocycles. The van der Waals surface area contributed by atoms with E-state index in [4.69, 9.17) is 0 Å². The zero-order valence-electron chi connectivity index (χ0n) is 17.9. The van der Waals surface area contributed by atoms with Gasteiger partial charge in [-0.05, 0) is 50.3 Å². The summed E-state index contributed by atoms with van der Waals surface area (Å²) in [4.78, 5) is 17.2. The number of hydrogen-bond donors (Lipinski definition) is 2. The molecule has 31 heavy (non-hydrogen) atoms. The standard InChI is InChI=1S/C21H25N7O2S/c1-13-9-21(25-14(2)24-13)27-20-11-19(22-12-23-20)26-17-8-7-16(15-5-6-15)10-18(17)28(3)31(4,29)30/h7-12,15H,5-6H2,1-4H3,(H2,22,23,24,25,26,27). The molecule has 0 aliphatic heterocycles. The molecule has 0 saturated heterocycles. The van der Waals surface area contributed by atoms with Gasteiger partial charge >= 0.3 is 0 Å². The summed E-state index contributed by atoms with van der Waals surface area (Å²) in [5, 5.41) is 6.39. The fraction of sp³-hybridized carbons (Fsp3) is 0.333. The Balaban J connectivity index is 1.62. The van der Waals surface area contributed by atoms with Gasteiger partial charge in [-0.15, -0.1) is 0 Å². The second kappa shape index (κ2) is 8.10. The molecule has 1 aliphatic rings. The molecule has 1 fully saturated rings. The largest absolute Gasteiger partial charge is 0.338 e. The Hall–Kier alpha value is -3.27. The molecule has 0 amide bonds. The number of nitrogens with one attached hydrogen (secondary N) is 2. The van der Waals surface area contributed by atoms with Crippen LogP contribution in [0.3, 0.4) is 0 Å².